The van der Waals surface area contributed by atoms with Crippen LogP contribution in [0.1, 0.15) is 35.7 Å². The van der Waals surface area contributed by atoms with Crippen LogP contribution in [0.3, 0.4) is 0 Å². The zero-order valence-corrected chi connectivity index (χ0v) is 16.3. The van der Waals surface area contributed by atoms with Gasteiger partial charge >= 0.3 is 0 Å². The number of benzene rings is 1. The van der Waals surface area contributed by atoms with Crippen molar-refractivity contribution in [1.82, 2.24) is 15.5 Å². The molecule has 0 bridgehead atoms. The molecule has 2 N–H and O–H groups in total. The summed E-state index contributed by atoms with van der Waals surface area (Å²) in [5.41, 5.74) is 1.42. The number of carbonyl (C=O) groups is 3. The van der Waals surface area contributed by atoms with Gasteiger partial charge in [-0.25, -0.2) is 0 Å². The van der Waals surface area contributed by atoms with Gasteiger partial charge < -0.3 is 20.3 Å². The Bertz CT molecular complexity index is 669. The summed E-state index contributed by atoms with van der Waals surface area (Å²) in [5, 5.41) is 5.75. The number of likely N-dealkylation sites (tertiary alicyclic amines) is 1. The molecule has 0 radical (unpaired) electrons. The fourth-order valence-corrected chi connectivity index (χ4v) is 3.38. The third-order valence-electron chi connectivity index (χ3n) is 5.02. The van der Waals surface area contributed by atoms with E-state index in [1.54, 1.807) is 31.1 Å². The highest BCUT2D eigenvalue weighted by Crippen LogP contribution is 2.22. The van der Waals surface area contributed by atoms with E-state index in [9.17, 15) is 14.4 Å². The molecular weight excluding hydrogens is 346 g/mol. The highest BCUT2D eigenvalue weighted by atomic mass is 16.5. The number of ether oxygens (including phenoxy) is 1. The van der Waals surface area contributed by atoms with Crippen molar-refractivity contribution >= 4 is 17.7 Å². The molecule has 1 aliphatic heterocycles. The maximum atomic E-state index is 12.7. The van der Waals surface area contributed by atoms with Gasteiger partial charge in [-0.3, -0.25) is 14.4 Å². The molecule has 1 atom stereocenters. The van der Waals surface area contributed by atoms with Gasteiger partial charge in [0, 0.05) is 39.2 Å². The summed E-state index contributed by atoms with van der Waals surface area (Å²) in [5.74, 6) is -0.446. The van der Waals surface area contributed by atoms with Crippen LogP contribution in [0.2, 0.25) is 0 Å². The Kier molecular flexibility index (Phi) is 7.79. The molecule has 1 heterocycles. The molecule has 1 unspecified atom stereocenters. The van der Waals surface area contributed by atoms with Crippen molar-refractivity contribution in [2.24, 2.45) is 5.92 Å². The minimum Gasteiger partial charge on any atom is -0.383 e. The predicted octanol–water partition coefficient (Wildman–Crippen LogP) is 1.11. The number of piperidine rings is 1. The van der Waals surface area contributed by atoms with Crippen LogP contribution in [-0.4, -0.2) is 62.0 Å². The first kappa shape index (κ1) is 20.9. The number of nitrogens with zero attached hydrogens (tertiary/aromatic N) is 1. The second-order valence-corrected chi connectivity index (χ2v) is 6.89. The first-order chi connectivity index (χ1) is 12.9. The Morgan fingerprint density at radius 3 is 2.48 bits per heavy atom. The van der Waals surface area contributed by atoms with Crippen LogP contribution in [0, 0.1) is 12.8 Å². The first-order valence-electron chi connectivity index (χ1n) is 9.32. The van der Waals surface area contributed by atoms with Crippen LogP contribution in [0.25, 0.3) is 0 Å². The second kappa shape index (κ2) is 10.1. The Balaban J connectivity index is 2.10. The average Bonchev–Trinajstić information content (AvgIpc) is 2.66. The Morgan fingerprint density at radius 2 is 1.89 bits per heavy atom. The average molecular weight is 375 g/mol. The fraction of sp³-hybridized carbons (Fsp3) is 0.550. The summed E-state index contributed by atoms with van der Waals surface area (Å²) >= 11 is 0. The van der Waals surface area contributed by atoms with Gasteiger partial charge in [0.15, 0.2) is 0 Å². The fourth-order valence-electron chi connectivity index (χ4n) is 3.38. The monoisotopic (exact) mass is 375 g/mol. The number of carbonyl (C=O) groups excluding carboxylic acids is 3. The molecule has 148 valence electrons. The molecule has 7 nitrogen and oxygen atoms in total. The minimum absolute atomic E-state index is 0.0175. The van der Waals surface area contributed by atoms with Crippen LogP contribution in [0.15, 0.2) is 24.3 Å². The van der Waals surface area contributed by atoms with E-state index >= 15 is 0 Å². The second-order valence-electron chi connectivity index (χ2n) is 6.89. The molecule has 1 aromatic carbocycles. The largest absolute Gasteiger partial charge is 0.383 e. The van der Waals surface area contributed by atoms with Gasteiger partial charge in [0.2, 0.25) is 11.8 Å². The van der Waals surface area contributed by atoms with Gasteiger partial charge in [-0.2, -0.15) is 0 Å². The maximum absolute atomic E-state index is 12.7. The Hall–Kier alpha value is -2.41. The van der Waals surface area contributed by atoms with Crippen LogP contribution in [-0.2, 0) is 14.3 Å². The molecule has 2 rings (SSSR count). The van der Waals surface area contributed by atoms with Gasteiger partial charge in [-0.05, 0) is 37.3 Å². The number of nitrogens with one attached hydrogen (secondary N) is 2. The van der Waals surface area contributed by atoms with E-state index in [0.29, 0.717) is 44.6 Å². The van der Waals surface area contributed by atoms with E-state index in [-0.39, 0.29) is 23.6 Å². The van der Waals surface area contributed by atoms with Crippen molar-refractivity contribution in [3.63, 3.8) is 0 Å². The lowest BCUT2D eigenvalue weighted by Crippen LogP contribution is -2.54. The van der Waals surface area contributed by atoms with Crippen LogP contribution < -0.4 is 10.6 Å². The summed E-state index contributed by atoms with van der Waals surface area (Å²) in [6.45, 7) is 5.42. The molecule has 0 aliphatic carbocycles. The molecule has 0 spiro atoms. The lowest BCUT2D eigenvalue weighted by Gasteiger charge is -2.35. The van der Waals surface area contributed by atoms with E-state index in [2.05, 4.69) is 10.6 Å². The zero-order valence-electron chi connectivity index (χ0n) is 16.3. The highest BCUT2D eigenvalue weighted by molar-refractivity contribution is 5.98. The number of rotatable bonds is 7. The maximum Gasteiger partial charge on any atom is 0.252 e. The third-order valence-corrected chi connectivity index (χ3v) is 5.02. The summed E-state index contributed by atoms with van der Waals surface area (Å²) < 4.78 is 4.98. The van der Waals surface area contributed by atoms with E-state index < -0.39 is 6.04 Å². The lowest BCUT2D eigenvalue weighted by atomic mass is 9.88. The minimum atomic E-state index is -0.636. The van der Waals surface area contributed by atoms with Gasteiger partial charge in [-0.15, -0.1) is 0 Å². The number of aryl methyl sites for hydroxylation is 1. The smallest absolute Gasteiger partial charge is 0.252 e. The van der Waals surface area contributed by atoms with Gasteiger partial charge in [0.25, 0.3) is 5.91 Å². The van der Waals surface area contributed by atoms with Crippen LogP contribution in [0.5, 0.6) is 0 Å². The van der Waals surface area contributed by atoms with Gasteiger partial charge in [0.1, 0.15) is 6.04 Å². The molecule has 1 saturated heterocycles. The van der Waals surface area contributed by atoms with Gasteiger partial charge in [-0.1, -0.05) is 18.2 Å². The summed E-state index contributed by atoms with van der Waals surface area (Å²) in [4.78, 5) is 38.8. The van der Waals surface area contributed by atoms with Crippen molar-refractivity contribution in [3.05, 3.63) is 35.4 Å². The SMILES string of the molecule is COCCNC(=O)C(NC(=O)c1ccccc1C)C1CCN(C(C)=O)CC1. The van der Waals surface area contributed by atoms with Gasteiger partial charge in [0.05, 0.1) is 6.61 Å². The zero-order chi connectivity index (χ0) is 19.8. The normalized spacial score (nSPS) is 15.9. The van der Waals surface area contributed by atoms with Crippen molar-refractivity contribution in [1.29, 1.82) is 0 Å². The molecule has 0 aromatic heterocycles. The summed E-state index contributed by atoms with van der Waals surface area (Å²) in [6.07, 6.45) is 1.35. The number of amides is 3. The Morgan fingerprint density at radius 1 is 1.22 bits per heavy atom. The summed E-state index contributed by atoms with van der Waals surface area (Å²) in [6, 6.07) is 6.67. The standard InChI is InChI=1S/C20H29N3O4/c1-14-6-4-5-7-17(14)19(25)22-18(20(26)21-10-13-27-3)16-8-11-23(12-9-16)15(2)24/h4-7,16,18H,8-13H2,1-3H3,(H,21,26)(H,22,25). The van der Waals surface area contributed by atoms with Crippen molar-refractivity contribution in [2.75, 3.05) is 33.4 Å². The predicted molar refractivity (Wildman–Crippen MR) is 102 cm³/mol. The van der Waals surface area contributed by atoms with Crippen molar-refractivity contribution in [3.8, 4) is 0 Å². The quantitative estimate of drug-likeness (QED) is 0.699. The molecule has 1 aliphatic rings. The molecule has 0 saturated carbocycles. The lowest BCUT2D eigenvalue weighted by molar-refractivity contribution is -0.130. The molecular formula is C20H29N3O4. The van der Waals surface area contributed by atoms with Crippen LogP contribution in [0.4, 0.5) is 0 Å². The highest BCUT2D eigenvalue weighted by Gasteiger charge is 2.33. The van der Waals surface area contributed by atoms with Crippen molar-refractivity contribution < 1.29 is 19.1 Å². The van der Waals surface area contributed by atoms with Crippen LogP contribution >= 0.6 is 0 Å². The number of methoxy groups -OCH3 is 1. The molecule has 1 aromatic rings. The first-order valence-corrected chi connectivity index (χ1v) is 9.32. The number of hydrogen-bond acceptors (Lipinski definition) is 4. The van der Waals surface area contributed by atoms with E-state index in [1.807, 2.05) is 19.1 Å². The van der Waals surface area contributed by atoms with E-state index in [4.69, 9.17) is 4.74 Å². The third kappa shape index (κ3) is 5.79. The number of hydrogen-bond donors (Lipinski definition) is 2. The van der Waals surface area contributed by atoms with Crippen molar-refractivity contribution in [2.45, 2.75) is 32.7 Å². The van der Waals surface area contributed by atoms with E-state index in [1.165, 1.54) is 0 Å². The Labute approximate surface area is 160 Å². The summed E-state index contributed by atoms with van der Waals surface area (Å²) in [7, 11) is 1.57. The molecule has 3 amide bonds. The molecule has 1 fully saturated rings. The molecule has 7 heteroatoms. The molecule has 27 heavy (non-hydrogen) atoms. The van der Waals surface area contributed by atoms with E-state index in [0.717, 1.165) is 5.56 Å². The topological polar surface area (TPSA) is 87.7 Å².